The predicted octanol–water partition coefficient (Wildman–Crippen LogP) is 2.09. The van der Waals surface area contributed by atoms with Gasteiger partial charge in [0.05, 0.1) is 37.2 Å². The van der Waals surface area contributed by atoms with Gasteiger partial charge in [-0.3, -0.25) is 9.59 Å². The first kappa shape index (κ1) is 21.7. The lowest BCUT2D eigenvalue weighted by atomic mass is 9.80. The second kappa shape index (κ2) is 8.33. The maximum atomic E-state index is 13.3. The molecule has 3 aromatic rings. The monoisotopic (exact) mass is 460 g/mol. The lowest BCUT2D eigenvalue weighted by molar-refractivity contribution is -0.122. The first-order valence-electron chi connectivity index (χ1n) is 11.0. The average molecular weight is 460 g/mol. The number of ether oxygens (including phenoxy) is 1. The maximum Gasteiger partial charge on any atom is 0.347 e. The van der Waals surface area contributed by atoms with Gasteiger partial charge in [0, 0.05) is 0 Å². The van der Waals surface area contributed by atoms with Crippen molar-refractivity contribution in [2.24, 2.45) is 11.8 Å². The van der Waals surface area contributed by atoms with Gasteiger partial charge in [-0.15, -0.1) is 0 Å². The number of rotatable bonds is 5. The molecular weight excluding hydrogens is 436 g/mol. The minimum absolute atomic E-state index is 0.145. The van der Waals surface area contributed by atoms with E-state index >= 15 is 0 Å². The predicted molar refractivity (Wildman–Crippen MR) is 125 cm³/mol. The van der Waals surface area contributed by atoms with Crippen molar-refractivity contribution in [2.45, 2.75) is 25.9 Å². The number of fused-ring (bicyclic) bond motifs is 1. The Labute approximate surface area is 194 Å². The van der Waals surface area contributed by atoms with Crippen molar-refractivity contribution in [1.82, 2.24) is 14.3 Å². The van der Waals surface area contributed by atoms with Gasteiger partial charge >= 0.3 is 11.4 Å². The van der Waals surface area contributed by atoms with E-state index in [4.69, 9.17) is 4.74 Å². The number of methoxy groups -OCH3 is 1. The number of hydrogen-bond donors (Lipinski definition) is 1. The summed E-state index contributed by atoms with van der Waals surface area (Å²) in [5, 5.41) is 2.64. The highest BCUT2D eigenvalue weighted by atomic mass is 16.5. The normalized spacial score (nSPS) is 22.0. The Balaban J connectivity index is 1.45. The minimum Gasteiger partial charge on any atom is -0.497 e. The number of benzene rings is 2. The molecule has 1 fully saturated rings. The lowest BCUT2D eigenvalue weighted by Gasteiger charge is -2.27. The van der Waals surface area contributed by atoms with E-state index in [-0.39, 0.29) is 24.8 Å². The van der Waals surface area contributed by atoms with Crippen molar-refractivity contribution >= 4 is 17.5 Å². The van der Waals surface area contributed by atoms with Gasteiger partial charge in [-0.2, -0.15) is 0 Å². The summed E-state index contributed by atoms with van der Waals surface area (Å²) >= 11 is 0. The van der Waals surface area contributed by atoms with E-state index in [0.717, 1.165) is 15.7 Å². The number of H-pyrrole nitrogens is 1. The van der Waals surface area contributed by atoms with Crippen LogP contribution in [-0.4, -0.2) is 33.3 Å². The van der Waals surface area contributed by atoms with Crippen molar-refractivity contribution in [3.8, 4) is 5.75 Å². The molecule has 0 bridgehead atoms. The van der Waals surface area contributed by atoms with Crippen LogP contribution >= 0.6 is 0 Å². The van der Waals surface area contributed by atoms with Crippen LogP contribution in [0.2, 0.25) is 0 Å². The van der Waals surface area contributed by atoms with Crippen molar-refractivity contribution in [1.29, 1.82) is 0 Å². The van der Waals surface area contributed by atoms with Gasteiger partial charge in [-0.05, 0) is 43.2 Å². The molecule has 1 N–H and O–H groups in total. The Bertz CT molecular complexity index is 1400. The van der Waals surface area contributed by atoms with E-state index < -0.39 is 29.3 Å². The van der Waals surface area contributed by atoms with Gasteiger partial charge in [-0.1, -0.05) is 42.0 Å². The van der Waals surface area contributed by atoms with E-state index in [1.165, 1.54) is 9.58 Å². The summed E-state index contributed by atoms with van der Waals surface area (Å²) in [5.74, 6) is -1.19. The molecule has 9 heteroatoms. The van der Waals surface area contributed by atoms with E-state index in [9.17, 15) is 19.2 Å². The fourth-order valence-electron chi connectivity index (χ4n) is 4.84. The first-order valence-corrected chi connectivity index (χ1v) is 11.0. The standard InChI is InChI=1S/C25H24N4O5/c1-15-12-19-20(23(31)28(22(19)30)17-8-10-18(34-2)11-9-17)13-21(15)29-25(33)27(24(32)26-29)14-16-6-4-3-5-7-16/h3-12,19-21H,13-14H2,1-2H3,(H,26,32)/t19-,20-,21+/m1/s1. The lowest BCUT2D eigenvalue weighted by Crippen LogP contribution is -2.35. The quantitative estimate of drug-likeness (QED) is 0.464. The van der Waals surface area contributed by atoms with Crippen LogP contribution in [0.25, 0.3) is 0 Å². The fourth-order valence-corrected chi connectivity index (χ4v) is 4.84. The molecule has 2 heterocycles. The van der Waals surface area contributed by atoms with Crippen LogP contribution in [0, 0.1) is 11.8 Å². The molecule has 1 aliphatic carbocycles. The number of hydrogen-bond acceptors (Lipinski definition) is 5. The van der Waals surface area contributed by atoms with Gasteiger partial charge in [0.1, 0.15) is 5.75 Å². The minimum atomic E-state index is -0.615. The van der Waals surface area contributed by atoms with E-state index in [1.54, 1.807) is 37.5 Å². The Kier molecular flexibility index (Phi) is 5.31. The number of nitrogens with one attached hydrogen (secondary N) is 1. The Morgan fingerprint density at radius 2 is 1.68 bits per heavy atom. The van der Waals surface area contributed by atoms with Crippen molar-refractivity contribution < 1.29 is 14.3 Å². The molecule has 1 aromatic heterocycles. The molecular formula is C25H24N4O5. The zero-order valence-electron chi connectivity index (χ0n) is 18.8. The zero-order chi connectivity index (χ0) is 24.0. The van der Waals surface area contributed by atoms with Crippen LogP contribution < -0.4 is 21.0 Å². The molecule has 2 amide bonds. The average Bonchev–Trinajstić information content (AvgIpc) is 3.26. The first-order chi connectivity index (χ1) is 16.4. The van der Waals surface area contributed by atoms with E-state index in [1.807, 2.05) is 37.3 Å². The summed E-state index contributed by atoms with van der Waals surface area (Å²) < 4.78 is 7.57. The smallest absolute Gasteiger partial charge is 0.347 e. The van der Waals surface area contributed by atoms with Crippen LogP contribution in [0.4, 0.5) is 5.69 Å². The molecule has 0 saturated carbocycles. The number of aromatic amines is 1. The van der Waals surface area contributed by atoms with Crippen LogP contribution in [0.1, 0.15) is 24.9 Å². The second-order valence-corrected chi connectivity index (χ2v) is 8.65. The number of allylic oxidation sites excluding steroid dienone is 1. The third-order valence-electron chi connectivity index (χ3n) is 6.65. The molecule has 1 aliphatic heterocycles. The number of carbonyl (C=O) groups is 2. The number of amides is 2. The molecule has 9 nitrogen and oxygen atoms in total. The summed E-state index contributed by atoms with van der Waals surface area (Å²) in [5.41, 5.74) is 1.07. The third-order valence-corrected chi connectivity index (χ3v) is 6.65. The number of imide groups is 1. The largest absolute Gasteiger partial charge is 0.497 e. The molecule has 5 rings (SSSR count). The number of anilines is 1. The van der Waals surface area contributed by atoms with Crippen LogP contribution in [-0.2, 0) is 16.1 Å². The van der Waals surface area contributed by atoms with Crippen LogP contribution in [0.3, 0.4) is 0 Å². The van der Waals surface area contributed by atoms with E-state index in [2.05, 4.69) is 5.10 Å². The van der Waals surface area contributed by atoms with Gasteiger partial charge in [0.15, 0.2) is 0 Å². The summed E-state index contributed by atoms with van der Waals surface area (Å²) in [6.45, 7) is 1.96. The highest BCUT2D eigenvalue weighted by molar-refractivity contribution is 6.22. The highest BCUT2D eigenvalue weighted by Gasteiger charge is 2.50. The molecule has 2 aliphatic rings. The van der Waals surface area contributed by atoms with Crippen LogP contribution in [0.5, 0.6) is 5.75 Å². The van der Waals surface area contributed by atoms with Crippen molar-refractivity contribution in [3.05, 3.63) is 92.8 Å². The SMILES string of the molecule is COc1ccc(N2C(=O)[C@@H]3C=C(C)[C@@H](n4[nH]c(=O)n(Cc5ccccc5)c4=O)C[C@H]3C2=O)cc1. The Hall–Kier alpha value is -4.14. The molecule has 0 radical (unpaired) electrons. The summed E-state index contributed by atoms with van der Waals surface area (Å²) in [6, 6.07) is 15.5. The fraction of sp³-hybridized carbons (Fsp3) is 0.280. The number of aromatic nitrogens is 3. The molecule has 1 saturated heterocycles. The summed E-state index contributed by atoms with van der Waals surface area (Å²) in [7, 11) is 1.54. The highest BCUT2D eigenvalue weighted by Crippen LogP contribution is 2.42. The summed E-state index contributed by atoms with van der Waals surface area (Å²) in [6.07, 6.45) is 2.00. The third kappa shape index (κ3) is 3.49. The number of nitrogens with zero attached hydrogens (tertiary/aromatic N) is 3. The molecule has 2 aromatic carbocycles. The Morgan fingerprint density at radius 3 is 2.35 bits per heavy atom. The Morgan fingerprint density at radius 1 is 0.971 bits per heavy atom. The van der Waals surface area contributed by atoms with Gasteiger partial charge < -0.3 is 4.74 Å². The topological polar surface area (TPSA) is 106 Å². The van der Waals surface area contributed by atoms with Gasteiger partial charge in [0.25, 0.3) is 0 Å². The second-order valence-electron chi connectivity index (χ2n) is 8.65. The van der Waals surface area contributed by atoms with Gasteiger partial charge in [-0.25, -0.2) is 28.8 Å². The molecule has 174 valence electrons. The van der Waals surface area contributed by atoms with E-state index in [0.29, 0.717) is 11.4 Å². The maximum absolute atomic E-state index is 13.3. The molecule has 0 spiro atoms. The number of carbonyl (C=O) groups excluding carboxylic acids is 2. The zero-order valence-corrected chi connectivity index (χ0v) is 18.8. The van der Waals surface area contributed by atoms with Crippen molar-refractivity contribution in [2.75, 3.05) is 12.0 Å². The molecule has 34 heavy (non-hydrogen) atoms. The summed E-state index contributed by atoms with van der Waals surface area (Å²) in [4.78, 5) is 53.3. The van der Waals surface area contributed by atoms with Crippen LogP contribution in [0.15, 0.2) is 75.8 Å². The molecule has 0 unspecified atom stereocenters. The van der Waals surface area contributed by atoms with Crippen molar-refractivity contribution in [3.63, 3.8) is 0 Å². The van der Waals surface area contributed by atoms with Gasteiger partial charge in [0.2, 0.25) is 11.8 Å². The molecule has 3 atom stereocenters.